The molecule has 2 saturated heterocycles. The lowest BCUT2D eigenvalue weighted by Gasteiger charge is -2.45. The predicted molar refractivity (Wildman–Crippen MR) is 85.1 cm³/mol. The maximum absolute atomic E-state index is 5.51. The van der Waals surface area contributed by atoms with Crippen LogP contribution in [0.5, 0.6) is 0 Å². The van der Waals surface area contributed by atoms with Gasteiger partial charge in [-0.3, -0.25) is 4.90 Å². The third-order valence-corrected chi connectivity index (χ3v) is 5.31. The van der Waals surface area contributed by atoms with Crippen LogP contribution in [0.1, 0.15) is 52.9 Å². The Hall–Kier alpha value is -0.120. The molecule has 0 radical (unpaired) electrons. The fourth-order valence-corrected chi connectivity index (χ4v) is 3.75. The van der Waals surface area contributed by atoms with Gasteiger partial charge in [-0.05, 0) is 31.1 Å². The fourth-order valence-electron chi connectivity index (χ4n) is 3.75. The summed E-state index contributed by atoms with van der Waals surface area (Å²) in [5.41, 5.74) is 0. The molecule has 3 heteroatoms. The van der Waals surface area contributed by atoms with Crippen molar-refractivity contribution >= 4 is 0 Å². The Kier molecular flexibility index (Phi) is 6.79. The monoisotopic (exact) mass is 282 g/mol. The highest BCUT2D eigenvalue weighted by molar-refractivity contribution is 4.89. The standard InChI is InChI=1S/C17H34N2O/c1-4-6-16-13-19(12-15-7-9-20-10-8-15)17(11-18-16)14(3)5-2/h14-18H,4-13H2,1-3H3. The molecule has 2 fully saturated rings. The van der Waals surface area contributed by atoms with Crippen LogP contribution in [-0.2, 0) is 4.74 Å². The van der Waals surface area contributed by atoms with Gasteiger partial charge in [-0.1, -0.05) is 33.6 Å². The molecule has 0 spiro atoms. The van der Waals surface area contributed by atoms with Gasteiger partial charge < -0.3 is 10.1 Å². The Morgan fingerprint density at radius 2 is 2.00 bits per heavy atom. The molecule has 3 nitrogen and oxygen atoms in total. The summed E-state index contributed by atoms with van der Waals surface area (Å²) in [6.45, 7) is 12.7. The van der Waals surface area contributed by atoms with Crippen molar-refractivity contribution in [3.05, 3.63) is 0 Å². The third-order valence-electron chi connectivity index (χ3n) is 5.31. The lowest BCUT2D eigenvalue weighted by Crippen LogP contribution is -2.59. The summed E-state index contributed by atoms with van der Waals surface area (Å²) in [6, 6.07) is 1.44. The SMILES string of the molecule is CCCC1CN(CC2CCOCC2)C(C(C)CC)CN1. The highest BCUT2D eigenvalue weighted by Gasteiger charge is 2.32. The second kappa shape index (κ2) is 8.35. The van der Waals surface area contributed by atoms with Crippen LogP contribution in [0.4, 0.5) is 0 Å². The molecule has 2 aliphatic heterocycles. The molecule has 0 aliphatic carbocycles. The first-order valence-electron chi connectivity index (χ1n) is 8.79. The van der Waals surface area contributed by atoms with Gasteiger partial charge in [0.15, 0.2) is 0 Å². The van der Waals surface area contributed by atoms with Crippen LogP contribution in [0.25, 0.3) is 0 Å². The Bertz CT molecular complexity index is 266. The minimum Gasteiger partial charge on any atom is -0.381 e. The van der Waals surface area contributed by atoms with Gasteiger partial charge in [0.05, 0.1) is 0 Å². The lowest BCUT2D eigenvalue weighted by atomic mass is 9.91. The van der Waals surface area contributed by atoms with Gasteiger partial charge in [0.1, 0.15) is 0 Å². The number of hydrogen-bond acceptors (Lipinski definition) is 3. The summed E-state index contributed by atoms with van der Waals surface area (Å²) < 4.78 is 5.51. The maximum Gasteiger partial charge on any atom is 0.0469 e. The Morgan fingerprint density at radius 1 is 1.25 bits per heavy atom. The van der Waals surface area contributed by atoms with E-state index in [1.807, 2.05) is 0 Å². The number of nitrogens with one attached hydrogen (secondary N) is 1. The van der Waals surface area contributed by atoms with Crippen molar-refractivity contribution < 1.29 is 4.74 Å². The zero-order valence-corrected chi connectivity index (χ0v) is 13.7. The van der Waals surface area contributed by atoms with E-state index in [0.29, 0.717) is 6.04 Å². The molecule has 0 bridgehead atoms. The van der Waals surface area contributed by atoms with E-state index < -0.39 is 0 Å². The van der Waals surface area contributed by atoms with Crippen molar-refractivity contribution in [3.63, 3.8) is 0 Å². The number of rotatable bonds is 6. The van der Waals surface area contributed by atoms with Gasteiger partial charge in [-0.25, -0.2) is 0 Å². The van der Waals surface area contributed by atoms with Crippen LogP contribution in [0, 0.1) is 11.8 Å². The minimum atomic E-state index is 0.708. The van der Waals surface area contributed by atoms with Crippen molar-refractivity contribution in [2.24, 2.45) is 11.8 Å². The van der Waals surface area contributed by atoms with Crippen LogP contribution in [-0.4, -0.2) is 49.8 Å². The molecule has 0 aromatic rings. The van der Waals surface area contributed by atoms with Gasteiger partial charge in [0.25, 0.3) is 0 Å². The van der Waals surface area contributed by atoms with E-state index in [9.17, 15) is 0 Å². The summed E-state index contributed by atoms with van der Waals surface area (Å²) in [6.07, 6.45) is 6.41. The van der Waals surface area contributed by atoms with Crippen LogP contribution in [0.15, 0.2) is 0 Å². The van der Waals surface area contributed by atoms with Crippen molar-refractivity contribution in [2.75, 3.05) is 32.8 Å². The van der Waals surface area contributed by atoms with Crippen molar-refractivity contribution in [1.82, 2.24) is 10.2 Å². The predicted octanol–water partition coefficient (Wildman–Crippen LogP) is 2.90. The summed E-state index contributed by atoms with van der Waals surface area (Å²) in [5, 5.41) is 3.79. The number of piperazine rings is 1. The van der Waals surface area contributed by atoms with E-state index in [1.54, 1.807) is 0 Å². The van der Waals surface area contributed by atoms with E-state index in [-0.39, 0.29) is 0 Å². The Balaban J connectivity index is 1.93. The van der Waals surface area contributed by atoms with Crippen LogP contribution < -0.4 is 5.32 Å². The van der Waals surface area contributed by atoms with Crippen molar-refractivity contribution in [3.8, 4) is 0 Å². The third kappa shape index (κ3) is 4.44. The molecule has 1 N–H and O–H groups in total. The highest BCUT2D eigenvalue weighted by atomic mass is 16.5. The van der Waals surface area contributed by atoms with Crippen molar-refractivity contribution in [2.45, 2.75) is 65.0 Å². The molecule has 0 aromatic heterocycles. The van der Waals surface area contributed by atoms with Gasteiger partial charge in [0.2, 0.25) is 0 Å². The van der Waals surface area contributed by atoms with Gasteiger partial charge >= 0.3 is 0 Å². The molecular weight excluding hydrogens is 248 g/mol. The topological polar surface area (TPSA) is 24.5 Å². The molecule has 0 saturated carbocycles. The zero-order valence-electron chi connectivity index (χ0n) is 13.7. The number of nitrogens with zero attached hydrogens (tertiary/aromatic N) is 1. The Morgan fingerprint density at radius 3 is 2.65 bits per heavy atom. The van der Waals surface area contributed by atoms with E-state index in [4.69, 9.17) is 4.74 Å². The van der Waals surface area contributed by atoms with Crippen LogP contribution in [0.2, 0.25) is 0 Å². The summed E-state index contributed by atoms with van der Waals surface area (Å²) in [5.74, 6) is 1.65. The van der Waals surface area contributed by atoms with E-state index in [2.05, 4.69) is 31.0 Å². The molecule has 2 aliphatic rings. The smallest absolute Gasteiger partial charge is 0.0469 e. The number of hydrogen-bond donors (Lipinski definition) is 1. The van der Waals surface area contributed by atoms with Gasteiger partial charge in [-0.15, -0.1) is 0 Å². The largest absolute Gasteiger partial charge is 0.381 e. The lowest BCUT2D eigenvalue weighted by molar-refractivity contribution is 0.0245. The maximum atomic E-state index is 5.51. The first kappa shape index (κ1) is 16.3. The molecule has 3 atom stereocenters. The molecule has 0 aromatic carbocycles. The van der Waals surface area contributed by atoms with Crippen molar-refractivity contribution in [1.29, 1.82) is 0 Å². The first-order valence-corrected chi connectivity index (χ1v) is 8.79. The molecule has 2 rings (SSSR count). The molecule has 20 heavy (non-hydrogen) atoms. The summed E-state index contributed by atoms with van der Waals surface area (Å²) in [7, 11) is 0. The van der Waals surface area contributed by atoms with Gasteiger partial charge in [-0.2, -0.15) is 0 Å². The quantitative estimate of drug-likeness (QED) is 0.811. The highest BCUT2D eigenvalue weighted by Crippen LogP contribution is 2.24. The van der Waals surface area contributed by atoms with E-state index >= 15 is 0 Å². The van der Waals surface area contributed by atoms with Crippen LogP contribution >= 0.6 is 0 Å². The Labute approximate surface area is 125 Å². The van der Waals surface area contributed by atoms with E-state index in [1.165, 1.54) is 51.7 Å². The normalized spacial score (nSPS) is 31.4. The molecule has 0 amide bonds. The molecule has 3 unspecified atom stereocenters. The molecule has 118 valence electrons. The van der Waals surface area contributed by atoms with E-state index in [0.717, 1.165) is 31.1 Å². The average Bonchev–Trinajstić information content (AvgIpc) is 2.48. The second-order valence-corrected chi connectivity index (χ2v) is 6.86. The summed E-state index contributed by atoms with van der Waals surface area (Å²) in [4.78, 5) is 2.81. The minimum absolute atomic E-state index is 0.708. The number of ether oxygens (including phenoxy) is 1. The average molecular weight is 282 g/mol. The second-order valence-electron chi connectivity index (χ2n) is 6.86. The molecular formula is C17H34N2O. The van der Waals surface area contributed by atoms with Crippen LogP contribution in [0.3, 0.4) is 0 Å². The van der Waals surface area contributed by atoms with Gasteiger partial charge in [0, 0.05) is 44.9 Å². The fraction of sp³-hybridized carbons (Fsp3) is 1.00. The summed E-state index contributed by atoms with van der Waals surface area (Å²) >= 11 is 0. The zero-order chi connectivity index (χ0) is 14.4. The molecule has 2 heterocycles. The first-order chi connectivity index (χ1) is 9.74.